The van der Waals surface area contributed by atoms with Gasteiger partial charge in [-0.3, -0.25) is 9.59 Å². The Kier molecular flexibility index (Phi) is 9.93. The zero-order chi connectivity index (χ0) is 16.5. The van der Waals surface area contributed by atoms with Crippen LogP contribution in [0.5, 0.6) is 0 Å². The van der Waals surface area contributed by atoms with Crippen LogP contribution in [-0.4, -0.2) is 17.8 Å². The third-order valence-corrected chi connectivity index (χ3v) is 4.66. The van der Waals surface area contributed by atoms with E-state index in [1.165, 1.54) is 12.8 Å². The molecule has 0 aromatic carbocycles. The van der Waals surface area contributed by atoms with Gasteiger partial charge in [0.25, 0.3) is 0 Å². The monoisotopic (exact) mass is 318 g/mol. The molecule has 0 aromatic rings. The van der Waals surface area contributed by atoms with E-state index in [1.807, 2.05) is 0 Å². The van der Waals surface area contributed by atoms with Crippen molar-refractivity contribution in [2.45, 2.75) is 73.1 Å². The summed E-state index contributed by atoms with van der Waals surface area (Å²) in [5.41, 5.74) is -1.16. The molecule has 1 atom stereocenters. The predicted molar refractivity (Wildman–Crippen MR) is 87.3 cm³/mol. The van der Waals surface area contributed by atoms with E-state index < -0.39 is 16.6 Å². The van der Waals surface area contributed by atoms with Gasteiger partial charge in [-0.15, -0.1) is 0 Å². The highest BCUT2D eigenvalue weighted by molar-refractivity contribution is 6.66. The number of halogens is 1. The molecule has 0 bridgehead atoms. The third-order valence-electron chi connectivity index (χ3n) is 4.30. The number of ether oxygens (including phenoxy) is 1. The average Bonchev–Trinajstić information content (AvgIpc) is 2.39. The van der Waals surface area contributed by atoms with E-state index in [0.717, 1.165) is 18.8 Å². The van der Waals surface area contributed by atoms with Crippen LogP contribution < -0.4 is 0 Å². The Morgan fingerprint density at radius 1 is 1.05 bits per heavy atom. The van der Waals surface area contributed by atoms with Gasteiger partial charge in [0.05, 0.1) is 6.61 Å². The van der Waals surface area contributed by atoms with Crippen LogP contribution >= 0.6 is 11.6 Å². The number of carbonyl (C=O) groups excluding carboxylic acids is 2. The lowest BCUT2D eigenvalue weighted by Gasteiger charge is -2.25. The van der Waals surface area contributed by atoms with Crippen LogP contribution in [0.25, 0.3) is 0 Å². The SMILES string of the molecule is CCC(CC)(C(=O)Cl)C(=O)OCCC(C)CCCC(C)C. The molecule has 0 N–H and O–H groups in total. The van der Waals surface area contributed by atoms with E-state index in [1.54, 1.807) is 13.8 Å². The molecule has 0 aliphatic rings. The summed E-state index contributed by atoms with van der Waals surface area (Å²) in [4.78, 5) is 23.7. The maximum absolute atomic E-state index is 12.1. The first-order chi connectivity index (χ1) is 9.80. The van der Waals surface area contributed by atoms with Crippen molar-refractivity contribution < 1.29 is 14.3 Å². The van der Waals surface area contributed by atoms with E-state index in [4.69, 9.17) is 16.3 Å². The lowest BCUT2D eigenvalue weighted by atomic mass is 9.84. The van der Waals surface area contributed by atoms with Gasteiger partial charge in [0.2, 0.25) is 5.24 Å². The van der Waals surface area contributed by atoms with Crippen molar-refractivity contribution >= 4 is 22.8 Å². The Morgan fingerprint density at radius 3 is 2.05 bits per heavy atom. The van der Waals surface area contributed by atoms with Crippen molar-refractivity contribution in [1.29, 1.82) is 0 Å². The Balaban J connectivity index is 4.15. The fourth-order valence-electron chi connectivity index (χ4n) is 2.41. The zero-order valence-electron chi connectivity index (χ0n) is 14.2. The Bertz CT molecular complexity index is 322. The summed E-state index contributed by atoms with van der Waals surface area (Å²) in [6.07, 6.45) is 5.20. The summed E-state index contributed by atoms with van der Waals surface area (Å²) in [6.45, 7) is 10.6. The van der Waals surface area contributed by atoms with Crippen LogP contribution in [0.15, 0.2) is 0 Å². The van der Waals surface area contributed by atoms with Crippen molar-refractivity contribution in [1.82, 2.24) is 0 Å². The number of rotatable bonds is 11. The summed E-state index contributed by atoms with van der Waals surface area (Å²) in [6, 6.07) is 0. The second-order valence-corrected chi connectivity index (χ2v) is 6.76. The molecule has 0 aliphatic heterocycles. The molecule has 4 heteroatoms. The van der Waals surface area contributed by atoms with Gasteiger partial charge in [0, 0.05) is 0 Å². The molecule has 0 spiro atoms. The van der Waals surface area contributed by atoms with Crippen LogP contribution in [0, 0.1) is 17.3 Å². The fourth-order valence-corrected chi connectivity index (χ4v) is 2.75. The quantitative estimate of drug-likeness (QED) is 0.307. The molecule has 0 radical (unpaired) electrons. The first-order valence-electron chi connectivity index (χ1n) is 8.17. The van der Waals surface area contributed by atoms with Gasteiger partial charge in [0.1, 0.15) is 5.41 Å². The minimum atomic E-state index is -1.16. The van der Waals surface area contributed by atoms with Crippen molar-refractivity contribution in [2.75, 3.05) is 6.61 Å². The first kappa shape index (κ1) is 20.4. The Morgan fingerprint density at radius 2 is 1.62 bits per heavy atom. The molecule has 21 heavy (non-hydrogen) atoms. The smallest absolute Gasteiger partial charge is 0.320 e. The molecule has 1 unspecified atom stereocenters. The van der Waals surface area contributed by atoms with Crippen LogP contribution in [0.2, 0.25) is 0 Å². The van der Waals surface area contributed by atoms with E-state index >= 15 is 0 Å². The predicted octanol–water partition coefficient (Wildman–Crippen LogP) is 4.95. The minimum absolute atomic E-state index is 0.369. The average molecular weight is 319 g/mol. The van der Waals surface area contributed by atoms with Gasteiger partial charge in [-0.1, -0.05) is 53.9 Å². The minimum Gasteiger partial charge on any atom is -0.465 e. The standard InChI is InChI=1S/C17H31ClO3/c1-6-17(7-2,15(18)19)16(20)21-12-11-14(5)10-8-9-13(3)4/h13-14H,6-12H2,1-5H3. The Labute approximate surface area is 134 Å². The van der Waals surface area contributed by atoms with E-state index in [-0.39, 0.29) is 0 Å². The summed E-state index contributed by atoms with van der Waals surface area (Å²) in [7, 11) is 0. The highest BCUT2D eigenvalue weighted by Crippen LogP contribution is 2.31. The molecule has 0 fully saturated rings. The van der Waals surface area contributed by atoms with Gasteiger partial charge < -0.3 is 4.74 Å². The Hall–Kier alpha value is -0.570. The molecule has 3 nitrogen and oxygen atoms in total. The van der Waals surface area contributed by atoms with Gasteiger partial charge in [-0.05, 0) is 42.7 Å². The largest absolute Gasteiger partial charge is 0.465 e. The van der Waals surface area contributed by atoms with Crippen LogP contribution in [-0.2, 0) is 14.3 Å². The lowest BCUT2D eigenvalue weighted by Crippen LogP contribution is -2.37. The van der Waals surface area contributed by atoms with Crippen molar-refractivity contribution in [3.63, 3.8) is 0 Å². The van der Waals surface area contributed by atoms with Crippen LogP contribution in [0.1, 0.15) is 73.1 Å². The molecule has 0 amide bonds. The van der Waals surface area contributed by atoms with Crippen molar-refractivity contribution in [3.05, 3.63) is 0 Å². The van der Waals surface area contributed by atoms with Crippen molar-refractivity contribution in [3.8, 4) is 0 Å². The number of carbonyl (C=O) groups is 2. The summed E-state index contributed by atoms with van der Waals surface area (Å²) < 4.78 is 5.30. The number of hydrogen-bond acceptors (Lipinski definition) is 3. The molecular weight excluding hydrogens is 288 g/mol. The van der Waals surface area contributed by atoms with Crippen LogP contribution in [0.3, 0.4) is 0 Å². The lowest BCUT2D eigenvalue weighted by molar-refractivity contribution is -0.159. The molecular formula is C17H31ClO3. The fraction of sp³-hybridized carbons (Fsp3) is 0.882. The topological polar surface area (TPSA) is 43.4 Å². The van der Waals surface area contributed by atoms with Crippen LogP contribution in [0.4, 0.5) is 0 Å². The second kappa shape index (κ2) is 10.2. The maximum atomic E-state index is 12.1. The highest BCUT2D eigenvalue weighted by Gasteiger charge is 2.43. The molecule has 0 aliphatic carbocycles. The van der Waals surface area contributed by atoms with Gasteiger partial charge in [-0.25, -0.2) is 0 Å². The zero-order valence-corrected chi connectivity index (χ0v) is 15.0. The van der Waals surface area contributed by atoms with E-state index in [9.17, 15) is 9.59 Å². The van der Waals surface area contributed by atoms with E-state index in [2.05, 4.69) is 20.8 Å². The molecule has 0 saturated heterocycles. The molecule has 0 aromatic heterocycles. The van der Waals surface area contributed by atoms with Gasteiger partial charge in [-0.2, -0.15) is 0 Å². The molecule has 124 valence electrons. The summed E-state index contributed by atoms with van der Waals surface area (Å²) in [5.74, 6) is 0.794. The van der Waals surface area contributed by atoms with Gasteiger partial charge in [0.15, 0.2) is 0 Å². The third kappa shape index (κ3) is 6.82. The normalized spacial score (nSPS) is 13.3. The van der Waals surface area contributed by atoms with Crippen molar-refractivity contribution in [2.24, 2.45) is 17.3 Å². The molecule has 0 rings (SSSR count). The number of hydrogen-bond donors (Lipinski definition) is 0. The second-order valence-electron chi connectivity index (χ2n) is 6.42. The summed E-state index contributed by atoms with van der Waals surface area (Å²) in [5, 5.41) is -0.609. The number of esters is 1. The first-order valence-corrected chi connectivity index (χ1v) is 8.55. The summed E-state index contributed by atoms with van der Waals surface area (Å²) >= 11 is 5.60. The maximum Gasteiger partial charge on any atom is 0.320 e. The molecule has 0 heterocycles. The highest BCUT2D eigenvalue weighted by atomic mass is 35.5. The van der Waals surface area contributed by atoms with Gasteiger partial charge >= 0.3 is 5.97 Å². The molecule has 0 saturated carbocycles. The van der Waals surface area contributed by atoms with E-state index in [0.29, 0.717) is 25.4 Å².